The molecule has 19 heavy (non-hydrogen) atoms. The summed E-state index contributed by atoms with van der Waals surface area (Å²) in [5.74, 6) is -1.14. The zero-order valence-electron chi connectivity index (χ0n) is 9.66. The van der Waals surface area contributed by atoms with Crippen LogP contribution in [0.25, 0.3) is 0 Å². The summed E-state index contributed by atoms with van der Waals surface area (Å²) in [7, 11) is 0. The van der Waals surface area contributed by atoms with E-state index in [-0.39, 0.29) is 17.8 Å². The molecule has 0 aliphatic rings. The summed E-state index contributed by atoms with van der Waals surface area (Å²) in [5.41, 5.74) is 5.62. The van der Waals surface area contributed by atoms with E-state index in [0.717, 1.165) is 0 Å². The molecule has 104 valence electrons. The number of ether oxygens (including phenoxy) is 1. The highest BCUT2D eigenvalue weighted by molar-refractivity contribution is 6.67. The monoisotopic (exact) mass is 324 g/mol. The number of hydrogen-bond acceptors (Lipinski definition) is 4. The minimum Gasteiger partial charge on any atom is -0.457 e. The maximum Gasteiger partial charge on any atom is 0.340 e. The summed E-state index contributed by atoms with van der Waals surface area (Å²) >= 11 is 16.4. The lowest BCUT2D eigenvalue weighted by Gasteiger charge is -2.13. The summed E-state index contributed by atoms with van der Waals surface area (Å²) in [6.07, 6.45) is 0. The standard InChI is InChI=1S/C11H11Cl3N2O3/c12-11(13,14)6-19-10(18)7-3-1-2-4-8(7)16-9(17)5-15/h1-4H,5-6,15H2,(H,16,17). The minimum absolute atomic E-state index is 0.151. The van der Waals surface area contributed by atoms with Crippen LogP contribution in [0.3, 0.4) is 0 Å². The van der Waals surface area contributed by atoms with Gasteiger partial charge in [-0.05, 0) is 12.1 Å². The molecule has 0 saturated carbocycles. The van der Waals surface area contributed by atoms with Crippen molar-refractivity contribution in [3.63, 3.8) is 0 Å². The molecular formula is C11H11Cl3N2O3. The van der Waals surface area contributed by atoms with Crippen LogP contribution in [0.4, 0.5) is 5.69 Å². The summed E-state index contributed by atoms with van der Waals surface area (Å²) in [6, 6.07) is 6.29. The lowest BCUT2D eigenvalue weighted by atomic mass is 10.2. The molecular weight excluding hydrogens is 314 g/mol. The molecule has 0 aromatic heterocycles. The van der Waals surface area contributed by atoms with Crippen molar-refractivity contribution < 1.29 is 14.3 Å². The Morgan fingerprint density at radius 3 is 2.47 bits per heavy atom. The number of rotatable bonds is 4. The summed E-state index contributed by atoms with van der Waals surface area (Å²) < 4.78 is 3.14. The Kier molecular flexibility index (Phi) is 5.87. The van der Waals surface area contributed by atoms with Gasteiger partial charge in [0.1, 0.15) is 6.61 Å². The first-order chi connectivity index (χ1) is 8.83. The van der Waals surface area contributed by atoms with Crippen molar-refractivity contribution >= 4 is 52.4 Å². The number of carbonyl (C=O) groups excluding carboxylic acids is 2. The third kappa shape index (κ3) is 5.65. The molecule has 0 aliphatic carbocycles. The highest BCUT2D eigenvalue weighted by atomic mass is 35.6. The highest BCUT2D eigenvalue weighted by Gasteiger charge is 2.23. The molecule has 0 unspecified atom stereocenters. The molecule has 1 rings (SSSR count). The van der Waals surface area contributed by atoms with Crippen molar-refractivity contribution in [2.24, 2.45) is 5.73 Å². The fourth-order valence-electron chi connectivity index (χ4n) is 1.20. The SMILES string of the molecule is NCC(=O)Nc1ccccc1C(=O)OCC(Cl)(Cl)Cl. The molecule has 0 spiro atoms. The smallest absolute Gasteiger partial charge is 0.340 e. The molecule has 0 bridgehead atoms. The van der Waals surface area contributed by atoms with E-state index in [1.807, 2.05) is 0 Å². The fourth-order valence-corrected chi connectivity index (χ4v) is 1.36. The molecule has 8 heteroatoms. The second kappa shape index (κ2) is 6.96. The van der Waals surface area contributed by atoms with Crippen molar-refractivity contribution in [3.05, 3.63) is 29.8 Å². The van der Waals surface area contributed by atoms with Crippen molar-refractivity contribution in [2.45, 2.75) is 3.79 Å². The van der Waals surface area contributed by atoms with Crippen molar-refractivity contribution in [3.8, 4) is 0 Å². The maximum absolute atomic E-state index is 11.8. The maximum atomic E-state index is 11.8. The Morgan fingerprint density at radius 2 is 1.89 bits per heavy atom. The van der Waals surface area contributed by atoms with Crippen molar-refractivity contribution in [1.29, 1.82) is 0 Å². The minimum atomic E-state index is -1.69. The molecule has 0 radical (unpaired) electrons. The average Bonchev–Trinajstić information content (AvgIpc) is 2.35. The van der Waals surface area contributed by atoms with E-state index in [1.54, 1.807) is 18.2 Å². The average molecular weight is 326 g/mol. The van der Waals surface area contributed by atoms with E-state index in [9.17, 15) is 9.59 Å². The molecule has 0 heterocycles. The first-order valence-corrected chi connectivity index (χ1v) is 6.29. The largest absolute Gasteiger partial charge is 0.457 e. The number of nitrogens with two attached hydrogens (primary N) is 1. The topological polar surface area (TPSA) is 81.4 Å². The van der Waals surface area contributed by atoms with Gasteiger partial charge in [0.2, 0.25) is 9.70 Å². The Morgan fingerprint density at radius 1 is 1.26 bits per heavy atom. The van der Waals surface area contributed by atoms with Crippen LogP contribution in [0, 0.1) is 0 Å². The number of hydrogen-bond donors (Lipinski definition) is 2. The number of halogens is 3. The zero-order chi connectivity index (χ0) is 14.5. The lowest BCUT2D eigenvalue weighted by molar-refractivity contribution is -0.114. The van der Waals surface area contributed by atoms with Gasteiger partial charge in [0, 0.05) is 0 Å². The molecule has 1 aromatic rings. The molecule has 3 N–H and O–H groups in total. The van der Waals surface area contributed by atoms with Gasteiger partial charge < -0.3 is 15.8 Å². The van der Waals surface area contributed by atoms with Gasteiger partial charge in [-0.2, -0.15) is 0 Å². The van der Waals surface area contributed by atoms with Gasteiger partial charge in [0.15, 0.2) is 0 Å². The number of para-hydroxylation sites is 1. The van der Waals surface area contributed by atoms with Crippen LogP contribution < -0.4 is 11.1 Å². The molecule has 1 aromatic carbocycles. The number of carbonyl (C=O) groups is 2. The van der Waals surface area contributed by atoms with E-state index in [1.165, 1.54) is 6.07 Å². The van der Waals surface area contributed by atoms with Crippen LogP contribution in [-0.2, 0) is 9.53 Å². The third-order valence-electron chi connectivity index (χ3n) is 1.97. The van der Waals surface area contributed by atoms with Crippen LogP contribution in [0.2, 0.25) is 0 Å². The third-order valence-corrected chi connectivity index (χ3v) is 2.30. The summed E-state index contributed by atoms with van der Waals surface area (Å²) in [4.78, 5) is 23.0. The van der Waals surface area contributed by atoms with Crippen LogP contribution in [0.15, 0.2) is 24.3 Å². The number of esters is 1. The predicted molar refractivity (Wildman–Crippen MR) is 74.7 cm³/mol. The number of anilines is 1. The Hall–Kier alpha value is -1.01. The first-order valence-electron chi connectivity index (χ1n) is 5.16. The molecule has 5 nitrogen and oxygen atoms in total. The fraction of sp³-hybridized carbons (Fsp3) is 0.273. The van der Waals surface area contributed by atoms with E-state index < -0.39 is 22.3 Å². The number of nitrogens with one attached hydrogen (secondary N) is 1. The number of alkyl halides is 3. The summed E-state index contributed by atoms with van der Waals surface area (Å²) in [5, 5.41) is 2.47. The highest BCUT2D eigenvalue weighted by Crippen LogP contribution is 2.27. The van der Waals surface area contributed by atoms with Gasteiger partial charge in [-0.15, -0.1) is 0 Å². The second-order valence-electron chi connectivity index (χ2n) is 3.49. The van der Waals surface area contributed by atoms with Crippen molar-refractivity contribution in [2.75, 3.05) is 18.5 Å². The molecule has 0 atom stereocenters. The van der Waals surface area contributed by atoms with Crippen LogP contribution in [-0.4, -0.2) is 28.8 Å². The molecule has 0 aliphatic heterocycles. The number of benzene rings is 1. The van der Waals surface area contributed by atoms with Crippen LogP contribution in [0.5, 0.6) is 0 Å². The normalized spacial score (nSPS) is 10.9. The lowest BCUT2D eigenvalue weighted by Crippen LogP contribution is -2.24. The van der Waals surface area contributed by atoms with Gasteiger partial charge in [0.05, 0.1) is 17.8 Å². The van der Waals surface area contributed by atoms with E-state index >= 15 is 0 Å². The summed E-state index contributed by atoms with van der Waals surface area (Å²) in [6.45, 7) is -0.590. The Labute approximate surface area is 124 Å². The second-order valence-corrected chi connectivity index (χ2v) is 6.01. The van der Waals surface area contributed by atoms with Crippen LogP contribution >= 0.6 is 34.8 Å². The van der Waals surface area contributed by atoms with E-state index in [0.29, 0.717) is 0 Å². The van der Waals surface area contributed by atoms with Gasteiger partial charge in [0.25, 0.3) is 0 Å². The van der Waals surface area contributed by atoms with Crippen LogP contribution in [0.1, 0.15) is 10.4 Å². The number of amides is 1. The molecule has 1 amide bonds. The van der Waals surface area contributed by atoms with E-state index in [4.69, 9.17) is 45.3 Å². The Balaban J connectivity index is 2.82. The molecule has 0 fully saturated rings. The van der Waals surface area contributed by atoms with Gasteiger partial charge in [-0.25, -0.2) is 4.79 Å². The molecule has 0 saturated heterocycles. The van der Waals surface area contributed by atoms with Gasteiger partial charge in [-0.3, -0.25) is 4.79 Å². The quantitative estimate of drug-likeness (QED) is 0.656. The first kappa shape index (κ1) is 16.0. The predicted octanol–water partition coefficient (Wildman–Crippen LogP) is 2.11. The van der Waals surface area contributed by atoms with Crippen molar-refractivity contribution in [1.82, 2.24) is 0 Å². The zero-order valence-corrected chi connectivity index (χ0v) is 11.9. The van der Waals surface area contributed by atoms with E-state index in [2.05, 4.69) is 5.32 Å². The van der Waals surface area contributed by atoms with Gasteiger partial charge >= 0.3 is 5.97 Å². The van der Waals surface area contributed by atoms with Gasteiger partial charge in [-0.1, -0.05) is 46.9 Å². The Bertz CT molecular complexity index is 474.